The van der Waals surface area contributed by atoms with Crippen LogP contribution in [0.4, 0.5) is 10.1 Å². The smallest absolute Gasteiger partial charge is 0.252 e. The van der Waals surface area contributed by atoms with Gasteiger partial charge >= 0.3 is 0 Å². The molecule has 0 fully saturated rings. The van der Waals surface area contributed by atoms with Gasteiger partial charge < -0.3 is 9.47 Å². The third kappa shape index (κ3) is 5.01. The normalized spacial score (nSPS) is 12.5. The van der Waals surface area contributed by atoms with Gasteiger partial charge in [-0.15, -0.1) is 0 Å². The number of halogens is 1. The largest absolute Gasteiger partial charge is 0.318 e. The Morgan fingerprint density at radius 3 is 2.57 bits per heavy atom. The summed E-state index contributed by atoms with van der Waals surface area (Å²) in [4.78, 5) is 14.1. The molecule has 3 nitrogen and oxygen atoms in total. The lowest BCUT2D eigenvalue weighted by molar-refractivity contribution is 0.627. The SMILES string of the molecule is C=C(C)N(C(C)=C(C#Cc1cccc(F)c1)C(C)CC)c1ccn(C)c(=O)c1. The maximum Gasteiger partial charge on any atom is 0.252 e. The summed E-state index contributed by atoms with van der Waals surface area (Å²) in [5.74, 6) is 6.22. The van der Waals surface area contributed by atoms with Crippen LogP contribution in [0.3, 0.4) is 0 Å². The molecule has 1 aromatic heterocycles. The maximum absolute atomic E-state index is 13.5. The predicted molar refractivity (Wildman–Crippen MR) is 114 cm³/mol. The number of hydrogen-bond donors (Lipinski definition) is 0. The number of aryl methyl sites for hydroxylation is 1. The molecule has 0 saturated carbocycles. The summed E-state index contributed by atoms with van der Waals surface area (Å²) in [5.41, 5.74) is 3.94. The van der Waals surface area contributed by atoms with Crippen molar-refractivity contribution in [1.29, 1.82) is 0 Å². The minimum atomic E-state index is -0.304. The first kappa shape index (κ1) is 21.2. The van der Waals surface area contributed by atoms with Crippen LogP contribution < -0.4 is 10.5 Å². The van der Waals surface area contributed by atoms with E-state index in [4.69, 9.17) is 0 Å². The zero-order chi connectivity index (χ0) is 20.8. The lowest BCUT2D eigenvalue weighted by Crippen LogP contribution is -2.24. The van der Waals surface area contributed by atoms with Gasteiger partial charge in [0.05, 0.1) is 5.69 Å². The van der Waals surface area contributed by atoms with Gasteiger partial charge in [-0.3, -0.25) is 4.79 Å². The molecule has 1 heterocycles. The third-order valence-corrected chi connectivity index (χ3v) is 4.72. The highest BCUT2D eigenvalue weighted by molar-refractivity contribution is 5.59. The van der Waals surface area contributed by atoms with E-state index in [2.05, 4.69) is 32.3 Å². The van der Waals surface area contributed by atoms with Crippen LogP contribution in [0.25, 0.3) is 0 Å². The Labute approximate surface area is 166 Å². The molecular formula is C24H27FN2O. The summed E-state index contributed by atoms with van der Waals surface area (Å²) in [6.07, 6.45) is 2.65. The number of nitrogens with zero attached hydrogens (tertiary/aromatic N) is 2. The first-order chi connectivity index (χ1) is 13.2. The van der Waals surface area contributed by atoms with Gasteiger partial charge in [0.1, 0.15) is 5.82 Å². The van der Waals surface area contributed by atoms with E-state index < -0.39 is 0 Å². The molecule has 0 radical (unpaired) electrons. The molecule has 0 aliphatic heterocycles. The number of anilines is 1. The van der Waals surface area contributed by atoms with Crippen molar-refractivity contribution in [3.63, 3.8) is 0 Å². The Hall–Kier alpha value is -3.06. The van der Waals surface area contributed by atoms with Crippen LogP contribution in [-0.4, -0.2) is 4.57 Å². The summed E-state index contributed by atoms with van der Waals surface area (Å²) >= 11 is 0. The second-order valence-corrected chi connectivity index (χ2v) is 6.97. The molecule has 1 atom stereocenters. The van der Waals surface area contributed by atoms with Crippen molar-refractivity contribution in [3.8, 4) is 11.8 Å². The van der Waals surface area contributed by atoms with Crippen LogP contribution in [0.15, 0.2) is 70.9 Å². The van der Waals surface area contributed by atoms with E-state index in [1.54, 1.807) is 31.4 Å². The summed E-state index contributed by atoms with van der Waals surface area (Å²) < 4.78 is 15.0. The van der Waals surface area contributed by atoms with E-state index in [1.807, 2.05) is 24.8 Å². The Morgan fingerprint density at radius 2 is 2.00 bits per heavy atom. The monoisotopic (exact) mass is 378 g/mol. The standard InChI is InChI=1S/C24H27FN2O/c1-7-18(4)23(12-11-20-9-8-10-21(25)15-20)19(5)27(17(2)3)22-13-14-26(6)24(28)16-22/h8-10,13-16,18H,2,7H2,1,3-6H3. The summed E-state index contributed by atoms with van der Waals surface area (Å²) in [6.45, 7) is 12.2. The van der Waals surface area contributed by atoms with Crippen molar-refractivity contribution in [2.75, 3.05) is 4.90 Å². The Kier molecular flexibility index (Phi) is 7.00. The van der Waals surface area contributed by atoms with Gasteiger partial charge in [0, 0.05) is 41.8 Å². The molecule has 0 aliphatic rings. The van der Waals surface area contributed by atoms with Crippen LogP contribution in [-0.2, 0) is 7.05 Å². The molecule has 0 bridgehead atoms. The van der Waals surface area contributed by atoms with E-state index >= 15 is 0 Å². The van der Waals surface area contributed by atoms with Crippen molar-refractivity contribution in [2.24, 2.45) is 13.0 Å². The van der Waals surface area contributed by atoms with Gasteiger partial charge in [-0.2, -0.15) is 0 Å². The number of allylic oxidation sites excluding steroid dienone is 3. The topological polar surface area (TPSA) is 25.2 Å². The molecular weight excluding hydrogens is 351 g/mol. The number of aromatic nitrogens is 1. The van der Waals surface area contributed by atoms with E-state index in [9.17, 15) is 9.18 Å². The van der Waals surface area contributed by atoms with E-state index in [-0.39, 0.29) is 17.3 Å². The highest BCUT2D eigenvalue weighted by atomic mass is 19.1. The molecule has 2 rings (SSSR count). The zero-order valence-corrected chi connectivity index (χ0v) is 17.2. The Bertz CT molecular complexity index is 1020. The molecule has 0 aliphatic carbocycles. The van der Waals surface area contributed by atoms with Crippen molar-refractivity contribution in [2.45, 2.75) is 34.1 Å². The Morgan fingerprint density at radius 1 is 1.29 bits per heavy atom. The van der Waals surface area contributed by atoms with Crippen molar-refractivity contribution < 1.29 is 4.39 Å². The maximum atomic E-state index is 13.5. The molecule has 1 aromatic carbocycles. The lowest BCUT2D eigenvalue weighted by Gasteiger charge is -2.28. The van der Waals surface area contributed by atoms with Gasteiger partial charge in [-0.25, -0.2) is 4.39 Å². The molecule has 0 N–H and O–H groups in total. The first-order valence-electron chi connectivity index (χ1n) is 9.35. The Balaban J connectivity index is 2.60. The number of pyridine rings is 1. The first-order valence-corrected chi connectivity index (χ1v) is 9.35. The number of rotatable bonds is 5. The van der Waals surface area contributed by atoms with Gasteiger partial charge in [0.25, 0.3) is 5.56 Å². The van der Waals surface area contributed by atoms with Gasteiger partial charge in [-0.05, 0) is 50.5 Å². The van der Waals surface area contributed by atoms with Crippen molar-refractivity contribution in [3.05, 3.63) is 87.9 Å². The van der Waals surface area contributed by atoms with Crippen LogP contribution in [0, 0.1) is 23.6 Å². The summed E-state index contributed by atoms with van der Waals surface area (Å²) in [7, 11) is 1.72. The van der Waals surface area contributed by atoms with Crippen LogP contribution in [0.2, 0.25) is 0 Å². The quantitative estimate of drug-likeness (QED) is 0.665. The molecule has 4 heteroatoms. The fraction of sp³-hybridized carbons (Fsp3) is 0.292. The molecule has 2 aromatic rings. The predicted octanol–water partition coefficient (Wildman–Crippen LogP) is 5.24. The molecule has 146 valence electrons. The molecule has 0 saturated heterocycles. The fourth-order valence-electron chi connectivity index (χ4n) is 2.98. The highest BCUT2D eigenvalue weighted by Crippen LogP contribution is 2.27. The average Bonchev–Trinajstić information content (AvgIpc) is 2.64. The van der Waals surface area contributed by atoms with Gasteiger partial charge in [0.2, 0.25) is 0 Å². The van der Waals surface area contributed by atoms with E-state index in [0.717, 1.165) is 29.1 Å². The highest BCUT2D eigenvalue weighted by Gasteiger charge is 2.17. The lowest BCUT2D eigenvalue weighted by atomic mass is 9.96. The third-order valence-electron chi connectivity index (χ3n) is 4.72. The van der Waals surface area contributed by atoms with Crippen LogP contribution in [0.5, 0.6) is 0 Å². The van der Waals surface area contributed by atoms with Crippen molar-refractivity contribution in [1.82, 2.24) is 4.57 Å². The van der Waals surface area contributed by atoms with Crippen LogP contribution in [0.1, 0.15) is 39.7 Å². The average molecular weight is 378 g/mol. The van der Waals surface area contributed by atoms with E-state index in [1.165, 1.54) is 16.7 Å². The fourth-order valence-corrected chi connectivity index (χ4v) is 2.98. The molecule has 0 amide bonds. The molecule has 28 heavy (non-hydrogen) atoms. The molecule has 1 unspecified atom stereocenters. The second kappa shape index (κ2) is 9.23. The molecule has 0 spiro atoms. The number of hydrogen-bond acceptors (Lipinski definition) is 2. The minimum absolute atomic E-state index is 0.0903. The van der Waals surface area contributed by atoms with E-state index in [0.29, 0.717) is 5.56 Å². The summed E-state index contributed by atoms with van der Waals surface area (Å²) in [6, 6.07) is 9.74. The zero-order valence-electron chi connectivity index (χ0n) is 17.2. The minimum Gasteiger partial charge on any atom is -0.318 e. The summed E-state index contributed by atoms with van der Waals surface area (Å²) in [5, 5.41) is 0. The van der Waals surface area contributed by atoms with Crippen LogP contribution >= 0.6 is 0 Å². The van der Waals surface area contributed by atoms with Gasteiger partial charge in [0.15, 0.2) is 0 Å². The van der Waals surface area contributed by atoms with Crippen molar-refractivity contribution >= 4 is 5.69 Å². The van der Waals surface area contributed by atoms with Gasteiger partial charge in [-0.1, -0.05) is 38.3 Å². The number of benzene rings is 1. The second-order valence-electron chi connectivity index (χ2n) is 6.97.